The van der Waals surface area contributed by atoms with Gasteiger partial charge < -0.3 is 15.1 Å². The van der Waals surface area contributed by atoms with Gasteiger partial charge in [0.1, 0.15) is 22.0 Å². The van der Waals surface area contributed by atoms with Crippen molar-refractivity contribution in [3.63, 3.8) is 0 Å². The van der Waals surface area contributed by atoms with Crippen molar-refractivity contribution < 1.29 is 9.21 Å². The van der Waals surface area contributed by atoms with Gasteiger partial charge in [-0.25, -0.2) is 4.98 Å². The molecule has 0 atom stereocenters. The number of thiazole rings is 1. The van der Waals surface area contributed by atoms with Gasteiger partial charge in [0.15, 0.2) is 0 Å². The summed E-state index contributed by atoms with van der Waals surface area (Å²) in [7, 11) is 1.80. The third-order valence-corrected chi connectivity index (χ3v) is 5.10. The van der Waals surface area contributed by atoms with Gasteiger partial charge in [-0.05, 0) is 12.5 Å². The third-order valence-electron chi connectivity index (χ3n) is 4.23. The number of carbonyl (C=O) groups is 1. The Morgan fingerprint density at radius 3 is 2.88 bits per heavy atom. The number of amides is 1. The molecule has 0 aliphatic carbocycles. The monoisotopic (exact) mass is 357 g/mol. The number of aromatic nitrogens is 1. The highest BCUT2D eigenvalue weighted by Gasteiger charge is 2.20. The minimum absolute atomic E-state index is 0.0947. The van der Waals surface area contributed by atoms with E-state index in [1.54, 1.807) is 17.3 Å². The average molecular weight is 357 g/mol. The first-order chi connectivity index (χ1) is 12.1. The number of carbonyl (C=O) groups excluding carboxylic acids is 1. The van der Waals surface area contributed by atoms with Crippen LogP contribution in [0.3, 0.4) is 0 Å². The number of hydrogen-bond donors (Lipinski definition) is 1. The fourth-order valence-corrected chi connectivity index (χ4v) is 3.52. The second kappa shape index (κ2) is 7.80. The molecule has 0 bridgehead atoms. The van der Waals surface area contributed by atoms with E-state index in [4.69, 9.17) is 10.2 Å². The van der Waals surface area contributed by atoms with E-state index in [1.807, 2.05) is 18.2 Å². The predicted octanol–water partition coefficient (Wildman–Crippen LogP) is 3.96. The smallest absolute Gasteiger partial charge is 0.273 e. The SMILES string of the molecule is CCCCc1oc2ccccc2c1CN(C)C(=O)c1csc(CN)n1. The molecule has 0 unspecified atom stereocenters. The quantitative estimate of drug-likeness (QED) is 0.694. The van der Waals surface area contributed by atoms with E-state index in [-0.39, 0.29) is 5.91 Å². The van der Waals surface area contributed by atoms with Crippen LogP contribution in [0.5, 0.6) is 0 Å². The maximum atomic E-state index is 12.7. The lowest BCUT2D eigenvalue weighted by atomic mass is 10.1. The number of hydrogen-bond acceptors (Lipinski definition) is 5. The Morgan fingerprint density at radius 1 is 1.36 bits per heavy atom. The lowest BCUT2D eigenvalue weighted by molar-refractivity contribution is 0.0780. The topological polar surface area (TPSA) is 72.4 Å². The van der Waals surface area contributed by atoms with Gasteiger partial charge in [-0.1, -0.05) is 31.5 Å². The molecule has 2 aromatic heterocycles. The highest BCUT2D eigenvalue weighted by molar-refractivity contribution is 7.09. The molecule has 2 heterocycles. The maximum Gasteiger partial charge on any atom is 0.273 e. The van der Waals surface area contributed by atoms with Crippen molar-refractivity contribution in [3.05, 3.63) is 51.7 Å². The van der Waals surface area contributed by atoms with Crippen LogP contribution < -0.4 is 5.73 Å². The van der Waals surface area contributed by atoms with Crippen LogP contribution in [-0.2, 0) is 19.5 Å². The van der Waals surface area contributed by atoms with E-state index >= 15 is 0 Å². The Kier molecular flexibility index (Phi) is 5.50. The number of fused-ring (bicyclic) bond motifs is 1. The third kappa shape index (κ3) is 3.75. The minimum atomic E-state index is -0.0947. The number of nitrogens with two attached hydrogens (primary N) is 1. The molecule has 0 spiro atoms. The zero-order chi connectivity index (χ0) is 17.8. The summed E-state index contributed by atoms with van der Waals surface area (Å²) >= 11 is 1.42. The lowest BCUT2D eigenvalue weighted by Gasteiger charge is -2.16. The van der Waals surface area contributed by atoms with Crippen molar-refractivity contribution >= 4 is 28.2 Å². The number of aryl methyl sites for hydroxylation is 1. The molecule has 132 valence electrons. The summed E-state index contributed by atoms with van der Waals surface area (Å²) in [5.74, 6) is 0.881. The van der Waals surface area contributed by atoms with Crippen LogP contribution in [0.15, 0.2) is 34.1 Å². The molecule has 1 aromatic carbocycles. The van der Waals surface area contributed by atoms with Gasteiger partial charge in [-0.2, -0.15) is 0 Å². The average Bonchev–Trinajstić information content (AvgIpc) is 3.24. The molecule has 0 fully saturated rings. The van der Waals surface area contributed by atoms with Gasteiger partial charge in [0.2, 0.25) is 0 Å². The number of benzene rings is 1. The molecular formula is C19H23N3O2S. The highest BCUT2D eigenvalue weighted by Crippen LogP contribution is 2.28. The molecule has 1 amide bonds. The van der Waals surface area contributed by atoms with Crippen LogP contribution in [0, 0.1) is 0 Å². The number of rotatable bonds is 7. The van der Waals surface area contributed by atoms with Gasteiger partial charge in [0.25, 0.3) is 5.91 Å². The summed E-state index contributed by atoms with van der Waals surface area (Å²) in [5, 5.41) is 3.62. The van der Waals surface area contributed by atoms with E-state index in [0.29, 0.717) is 18.8 Å². The molecule has 0 saturated carbocycles. The zero-order valence-electron chi connectivity index (χ0n) is 14.6. The molecule has 0 saturated heterocycles. The molecule has 6 heteroatoms. The van der Waals surface area contributed by atoms with Crippen molar-refractivity contribution in [3.8, 4) is 0 Å². The molecular weight excluding hydrogens is 334 g/mol. The summed E-state index contributed by atoms with van der Waals surface area (Å²) in [5.41, 5.74) is 8.01. The van der Waals surface area contributed by atoms with E-state index in [0.717, 1.165) is 46.6 Å². The predicted molar refractivity (Wildman–Crippen MR) is 101 cm³/mol. The van der Waals surface area contributed by atoms with Gasteiger partial charge in [0, 0.05) is 42.9 Å². The van der Waals surface area contributed by atoms with Crippen LogP contribution >= 0.6 is 11.3 Å². The van der Waals surface area contributed by atoms with Crippen molar-refractivity contribution in [2.24, 2.45) is 5.73 Å². The van der Waals surface area contributed by atoms with Crippen LogP contribution in [0.2, 0.25) is 0 Å². The largest absolute Gasteiger partial charge is 0.461 e. The molecule has 0 aliphatic heterocycles. The van der Waals surface area contributed by atoms with E-state index < -0.39 is 0 Å². The van der Waals surface area contributed by atoms with Crippen LogP contribution in [0.25, 0.3) is 11.0 Å². The number of nitrogens with zero attached hydrogens (tertiary/aromatic N) is 2. The van der Waals surface area contributed by atoms with Gasteiger partial charge in [-0.15, -0.1) is 11.3 Å². The molecule has 3 rings (SSSR count). The Morgan fingerprint density at radius 2 is 2.16 bits per heavy atom. The standard InChI is InChI=1S/C19H23N3O2S/c1-3-4-8-17-14(13-7-5-6-9-16(13)24-17)11-22(2)19(23)15-12-25-18(10-20)21-15/h5-7,9,12H,3-4,8,10-11,20H2,1-2H3. The molecule has 25 heavy (non-hydrogen) atoms. The number of unbranched alkanes of at least 4 members (excludes halogenated alkanes) is 1. The Hall–Kier alpha value is -2.18. The lowest BCUT2D eigenvalue weighted by Crippen LogP contribution is -2.27. The molecule has 2 N–H and O–H groups in total. The maximum absolute atomic E-state index is 12.7. The van der Waals surface area contributed by atoms with Gasteiger partial charge in [-0.3, -0.25) is 4.79 Å². The van der Waals surface area contributed by atoms with Gasteiger partial charge in [0.05, 0.1) is 0 Å². The number of para-hydroxylation sites is 1. The molecule has 0 aliphatic rings. The first-order valence-corrected chi connectivity index (χ1v) is 9.41. The van der Waals surface area contributed by atoms with Crippen LogP contribution in [0.4, 0.5) is 0 Å². The second-order valence-electron chi connectivity index (χ2n) is 6.10. The van der Waals surface area contributed by atoms with Crippen LogP contribution in [0.1, 0.15) is 46.6 Å². The normalized spacial score (nSPS) is 11.2. The molecule has 3 aromatic rings. The summed E-state index contributed by atoms with van der Waals surface area (Å²) in [6.45, 7) is 3.02. The second-order valence-corrected chi connectivity index (χ2v) is 7.04. The minimum Gasteiger partial charge on any atom is -0.461 e. The summed E-state index contributed by atoms with van der Waals surface area (Å²) in [6, 6.07) is 8.00. The summed E-state index contributed by atoms with van der Waals surface area (Å²) in [6.07, 6.45) is 3.05. The van der Waals surface area contributed by atoms with Gasteiger partial charge >= 0.3 is 0 Å². The fraction of sp³-hybridized carbons (Fsp3) is 0.368. The number of furan rings is 1. The Bertz CT molecular complexity index is 869. The van der Waals surface area contributed by atoms with E-state index in [1.165, 1.54) is 11.3 Å². The fourth-order valence-electron chi connectivity index (χ4n) is 2.87. The van der Waals surface area contributed by atoms with Crippen LogP contribution in [-0.4, -0.2) is 22.8 Å². The van der Waals surface area contributed by atoms with Crippen molar-refractivity contribution in [1.82, 2.24) is 9.88 Å². The van der Waals surface area contributed by atoms with Crippen molar-refractivity contribution in [1.29, 1.82) is 0 Å². The summed E-state index contributed by atoms with van der Waals surface area (Å²) in [4.78, 5) is 18.6. The van der Waals surface area contributed by atoms with E-state index in [2.05, 4.69) is 18.0 Å². The van der Waals surface area contributed by atoms with Crippen molar-refractivity contribution in [2.75, 3.05) is 7.05 Å². The summed E-state index contributed by atoms with van der Waals surface area (Å²) < 4.78 is 6.04. The zero-order valence-corrected chi connectivity index (χ0v) is 15.4. The first kappa shape index (κ1) is 17.6. The highest BCUT2D eigenvalue weighted by atomic mass is 32.1. The molecule has 5 nitrogen and oxygen atoms in total. The van der Waals surface area contributed by atoms with Crippen molar-refractivity contribution in [2.45, 2.75) is 39.3 Å². The van der Waals surface area contributed by atoms with E-state index in [9.17, 15) is 4.79 Å². The Balaban J connectivity index is 1.86. The first-order valence-electron chi connectivity index (χ1n) is 8.53. The molecule has 0 radical (unpaired) electrons. The Labute approximate surface area is 151 Å².